The lowest BCUT2D eigenvalue weighted by Crippen LogP contribution is -2.11. The number of hydrogen-bond donors (Lipinski definition) is 2. The van der Waals surface area contributed by atoms with Crippen molar-refractivity contribution in [2.24, 2.45) is 0 Å². The molecule has 1 heterocycles. The van der Waals surface area contributed by atoms with Gasteiger partial charge in [0.1, 0.15) is 5.82 Å². The van der Waals surface area contributed by atoms with Crippen LogP contribution in [0.4, 0.5) is 20.9 Å². The lowest BCUT2D eigenvalue weighted by Gasteiger charge is -2.06. The smallest absolute Gasteiger partial charge is 0.255 e. The first-order chi connectivity index (χ1) is 14.1. The van der Waals surface area contributed by atoms with E-state index in [1.807, 2.05) is 41.8 Å². The first kappa shape index (κ1) is 19.3. The molecule has 4 rings (SSSR count). The summed E-state index contributed by atoms with van der Waals surface area (Å²) in [5.74, 6) is -0.444. The van der Waals surface area contributed by atoms with E-state index in [0.29, 0.717) is 11.3 Å². The molecule has 0 aliphatic carbocycles. The molecule has 1 aromatic heterocycles. The third-order valence-corrected chi connectivity index (χ3v) is 5.38. The number of carbonyl (C=O) groups excluding carboxylic acids is 1. The molecule has 1 amide bonds. The van der Waals surface area contributed by atoms with Gasteiger partial charge in [0.15, 0.2) is 5.13 Å². The monoisotopic (exact) mass is 467 g/mol. The lowest BCUT2D eigenvalue weighted by atomic mass is 10.1. The molecule has 0 fully saturated rings. The number of rotatable bonds is 5. The van der Waals surface area contributed by atoms with Gasteiger partial charge in [-0.3, -0.25) is 4.79 Å². The summed E-state index contributed by atoms with van der Waals surface area (Å²) in [6, 6.07) is 20.9. The van der Waals surface area contributed by atoms with Gasteiger partial charge in [0.2, 0.25) is 0 Å². The zero-order valence-corrected chi connectivity index (χ0v) is 17.4. The van der Waals surface area contributed by atoms with Gasteiger partial charge in [0, 0.05) is 32.4 Å². The maximum absolute atomic E-state index is 13.0. The van der Waals surface area contributed by atoms with E-state index in [9.17, 15) is 9.18 Å². The molecule has 0 aliphatic heterocycles. The third kappa shape index (κ3) is 4.88. The van der Waals surface area contributed by atoms with E-state index in [0.717, 1.165) is 26.5 Å². The average Bonchev–Trinajstić information content (AvgIpc) is 3.19. The fourth-order valence-corrected chi connectivity index (χ4v) is 3.82. The van der Waals surface area contributed by atoms with Gasteiger partial charge in [-0.15, -0.1) is 11.3 Å². The normalized spacial score (nSPS) is 10.6. The van der Waals surface area contributed by atoms with Gasteiger partial charge in [-0.2, -0.15) is 0 Å². The predicted molar refractivity (Wildman–Crippen MR) is 119 cm³/mol. The van der Waals surface area contributed by atoms with Crippen molar-refractivity contribution in [2.45, 2.75) is 0 Å². The Labute approximate surface area is 179 Å². The predicted octanol–water partition coefficient (Wildman–Crippen LogP) is 6.71. The molecule has 7 heteroatoms. The molecule has 3 aromatic carbocycles. The number of amides is 1. The van der Waals surface area contributed by atoms with Crippen LogP contribution in [0.1, 0.15) is 10.4 Å². The van der Waals surface area contributed by atoms with Crippen LogP contribution in [0.2, 0.25) is 0 Å². The molecule has 144 valence electrons. The molecule has 0 atom stereocenters. The Hall–Kier alpha value is -3.03. The fourth-order valence-electron chi connectivity index (χ4n) is 2.68. The minimum Gasteiger partial charge on any atom is -0.332 e. The van der Waals surface area contributed by atoms with Crippen molar-refractivity contribution < 1.29 is 9.18 Å². The van der Waals surface area contributed by atoms with Gasteiger partial charge in [-0.1, -0.05) is 34.1 Å². The zero-order chi connectivity index (χ0) is 20.2. The van der Waals surface area contributed by atoms with Crippen molar-refractivity contribution in [2.75, 3.05) is 10.6 Å². The van der Waals surface area contributed by atoms with Gasteiger partial charge in [0.25, 0.3) is 5.91 Å². The molecule has 4 aromatic rings. The maximum Gasteiger partial charge on any atom is 0.255 e. The molecule has 0 aliphatic rings. The second kappa shape index (κ2) is 8.55. The second-order valence-corrected chi connectivity index (χ2v) is 7.99. The number of nitrogens with one attached hydrogen (secondary N) is 2. The van der Waals surface area contributed by atoms with Crippen LogP contribution in [-0.4, -0.2) is 10.9 Å². The Morgan fingerprint density at radius 3 is 2.41 bits per heavy atom. The third-order valence-electron chi connectivity index (χ3n) is 4.13. The topological polar surface area (TPSA) is 54.0 Å². The molecule has 0 saturated heterocycles. The summed E-state index contributed by atoms with van der Waals surface area (Å²) in [7, 11) is 0. The van der Waals surface area contributed by atoms with Crippen LogP contribution in [0.25, 0.3) is 11.3 Å². The number of nitrogens with zero attached hydrogens (tertiary/aromatic N) is 1. The summed E-state index contributed by atoms with van der Waals surface area (Å²) in [5.41, 5.74) is 3.83. The molecule has 4 nitrogen and oxygen atoms in total. The molecule has 0 saturated carbocycles. The summed E-state index contributed by atoms with van der Waals surface area (Å²) in [5, 5.41) is 8.71. The van der Waals surface area contributed by atoms with Crippen LogP contribution in [0.15, 0.2) is 82.6 Å². The van der Waals surface area contributed by atoms with Crippen molar-refractivity contribution in [3.05, 3.63) is 94.0 Å². The highest BCUT2D eigenvalue weighted by molar-refractivity contribution is 9.10. The van der Waals surface area contributed by atoms with E-state index in [4.69, 9.17) is 0 Å². The SMILES string of the molecule is O=C(Nc1ccc(-c2csc(Nc3ccc(F)cc3)n2)cc1)c1cccc(Br)c1. The van der Waals surface area contributed by atoms with E-state index in [-0.39, 0.29) is 11.7 Å². The summed E-state index contributed by atoms with van der Waals surface area (Å²) in [6.45, 7) is 0. The summed E-state index contributed by atoms with van der Waals surface area (Å²) in [4.78, 5) is 16.9. The van der Waals surface area contributed by atoms with Crippen LogP contribution in [0, 0.1) is 5.82 Å². The van der Waals surface area contributed by atoms with Crippen LogP contribution < -0.4 is 10.6 Å². The molecular weight excluding hydrogens is 453 g/mol. The maximum atomic E-state index is 13.0. The van der Waals surface area contributed by atoms with E-state index in [1.54, 1.807) is 24.3 Å². The molecule has 0 spiro atoms. The van der Waals surface area contributed by atoms with Crippen molar-refractivity contribution >= 4 is 49.7 Å². The van der Waals surface area contributed by atoms with Gasteiger partial charge in [-0.05, 0) is 54.6 Å². The van der Waals surface area contributed by atoms with E-state index >= 15 is 0 Å². The van der Waals surface area contributed by atoms with Crippen molar-refractivity contribution in [1.82, 2.24) is 4.98 Å². The van der Waals surface area contributed by atoms with E-state index < -0.39 is 0 Å². The highest BCUT2D eigenvalue weighted by Crippen LogP contribution is 2.28. The Balaban J connectivity index is 1.43. The van der Waals surface area contributed by atoms with Crippen molar-refractivity contribution in [3.8, 4) is 11.3 Å². The quantitative estimate of drug-likeness (QED) is 0.343. The van der Waals surface area contributed by atoms with Crippen molar-refractivity contribution in [3.63, 3.8) is 0 Å². The fraction of sp³-hybridized carbons (Fsp3) is 0. The Kier molecular flexibility index (Phi) is 5.69. The molecule has 29 heavy (non-hydrogen) atoms. The Bertz CT molecular complexity index is 1140. The minimum absolute atomic E-state index is 0.168. The molecular formula is C22H15BrFN3OS. The Morgan fingerprint density at radius 2 is 1.69 bits per heavy atom. The molecule has 0 bridgehead atoms. The number of hydrogen-bond acceptors (Lipinski definition) is 4. The molecule has 0 radical (unpaired) electrons. The number of carbonyl (C=O) groups is 1. The number of anilines is 3. The van der Waals surface area contributed by atoms with Crippen LogP contribution >= 0.6 is 27.3 Å². The molecule has 2 N–H and O–H groups in total. The lowest BCUT2D eigenvalue weighted by molar-refractivity contribution is 0.102. The number of aromatic nitrogens is 1. The highest BCUT2D eigenvalue weighted by Gasteiger charge is 2.08. The van der Waals surface area contributed by atoms with Crippen LogP contribution in [0.5, 0.6) is 0 Å². The van der Waals surface area contributed by atoms with E-state index in [2.05, 4.69) is 31.5 Å². The Morgan fingerprint density at radius 1 is 0.966 bits per heavy atom. The van der Waals surface area contributed by atoms with Gasteiger partial charge < -0.3 is 10.6 Å². The first-order valence-electron chi connectivity index (χ1n) is 8.72. The van der Waals surface area contributed by atoms with Gasteiger partial charge in [0.05, 0.1) is 5.69 Å². The number of thiazole rings is 1. The minimum atomic E-state index is -0.276. The number of benzene rings is 3. The van der Waals surface area contributed by atoms with Crippen molar-refractivity contribution in [1.29, 1.82) is 0 Å². The van der Waals surface area contributed by atoms with Crippen LogP contribution in [0.3, 0.4) is 0 Å². The highest BCUT2D eigenvalue weighted by atomic mass is 79.9. The summed E-state index contributed by atoms with van der Waals surface area (Å²) >= 11 is 4.84. The second-order valence-electron chi connectivity index (χ2n) is 6.21. The summed E-state index contributed by atoms with van der Waals surface area (Å²) in [6.07, 6.45) is 0. The zero-order valence-electron chi connectivity index (χ0n) is 15.0. The van der Waals surface area contributed by atoms with Gasteiger partial charge in [-0.25, -0.2) is 9.37 Å². The molecule has 0 unspecified atom stereocenters. The standard InChI is InChI=1S/C22H15BrFN3OS/c23-16-3-1-2-15(12-16)21(28)25-18-8-4-14(5-9-18)20-13-29-22(27-20)26-19-10-6-17(24)7-11-19/h1-13H,(H,25,28)(H,26,27). The number of halogens is 2. The average molecular weight is 468 g/mol. The van der Waals surface area contributed by atoms with Gasteiger partial charge >= 0.3 is 0 Å². The largest absolute Gasteiger partial charge is 0.332 e. The summed E-state index contributed by atoms with van der Waals surface area (Å²) < 4.78 is 13.9. The van der Waals surface area contributed by atoms with Crippen LogP contribution in [-0.2, 0) is 0 Å². The first-order valence-corrected chi connectivity index (χ1v) is 10.4. The van der Waals surface area contributed by atoms with E-state index in [1.165, 1.54) is 23.5 Å².